The summed E-state index contributed by atoms with van der Waals surface area (Å²) in [4.78, 5) is 14.8. The SMILES string of the molecule is C[C@@H]1C[C@H](C)CN(C[C@@H](C)NC(=O)[C@](C)(O)c2cccc(F)c2)C1. The summed E-state index contributed by atoms with van der Waals surface area (Å²) in [6, 6.07) is 5.44. The Balaban J connectivity index is 1.95. The number of piperidine rings is 1. The summed E-state index contributed by atoms with van der Waals surface area (Å²) in [5.41, 5.74) is -1.49. The van der Waals surface area contributed by atoms with Gasteiger partial charge in [0.2, 0.25) is 0 Å². The van der Waals surface area contributed by atoms with Gasteiger partial charge < -0.3 is 15.3 Å². The lowest BCUT2D eigenvalue weighted by atomic mass is 9.91. The highest BCUT2D eigenvalue weighted by atomic mass is 19.1. The molecule has 0 radical (unpaired) electrons. The van der Waals surface area contributed by atoms with E-state index in [0.717, 1.165) is 19.6 Å². The molecular formula is C19H29FN2O2. The van der Waals surface area contributed by atoms with E-state index in [1.54, 1.807) is 6.07 Å². The minimum absolute atomic E-state index is 0.0879. The molecule has 24 heavy (non-hydrogen) atoms. The maximum absolute atomic E-state index is 13.4. The molecule has 1 aromatic rings. The van der Waals surface area contributed by atoms with E-state index in [9.17, 15) is 14.3 Å². The van der Waals surface area contributed by atoms with Gasteiger partial charge in [-0.15, -0.1) is 0 Å². The first kappa shape index (κ1) is 18.9. The van der Waals surface area contributed by atoms with E-state index >= 15 is 0 Å². The quantitative estimate of drug-likeness (QED) is 0.869. The number of carbonyl (C=O) groups excluding carboxylic acids is 1. The molecule has 0 aromatic heterocycles. The van der Waals surface area contributed by atoms with Crippen LogP contribution in [-0.4, -0.2) is 41.6 Å². The normalized spacial score (nSPS) is 25.8. The Kier molecular flexibility index (Phi) is 5.99. The van der Waals surface area contributed by atoms with Gasteiger partial charge in [-0.2, -0.15) is 0 Å². The summed E-state index contributed by atoms with van der Waals surface area (Å²) in [7, 11) is 0. The molecule has 0 aliphatic carbocycles. The summed E-state index contributed by atoms with van der Waals surface area (Å²) in [5.74, 6) is 0.350. The van der Waals surface area contributed by atoms with Crippen LogP contribution in [0.5, 0.6) is 0 Å². The van der Waals surface area contributed by atoms with Crippen LogP contribution in [0.15, 0.2) is 24.3 Å². The average molecular weight is 336 g/mol. The molecular weight excluding hydrogens is 307 g/mol. The molecule has 4 atom stereocenters. The van der Waals surface area contributed by atoms with Gasteiger partial charge in [0.15, 0.2) is 5.60 Å². The van der Waals surface area contributed by atoms with Crippen LogP contribution in [0.1, 0.15) is 39.7 Å². The number of nitrogens with zero attached hydrogens (tertiary/aromatic N) is 1. The van der Waals surface area contributed by atoms with Crippen molar-refractivity contribution in [2.75, 3.05) is 19.6 Å². The van der Waals surface area contributed by atoms with Crippen molar-refractivity contribution in [3.05, 3.63) is 35.6 Å². The van der Waals surface area contributed by atoms with Crippen molar-refractivity contribution in [2.24, 2.45) is 11.8 Å². The Morgan fingerprint density at radius 2 is 2.04 bits per heavy atom. The fourth-order valence-corrected chi connectivity index (χ4v) is 3.66. The maximum Gasteiger partial charge on any atom is 0.256 e. The zero-order valence-electron chi connectivity index (χ0n) is 15.1. The molecule has 1 saturated heterocycles. The number of carbonyl (C=O) groups is 1. The predicted octanol–water partition coefficient (Wildman–Crippen LogP) is 2.52. The van der Waals surface area contributed by atoms with Crippen LogP contribution in [0.2, 0.25) is 0 Å². The molecule has 2 N–H and O–H groups in total. The lowest BCUT2D eigenvalue weighted by Crippen LogP contribution is -2.51. The first-order valence-electron chi connectivity index (χ1n) is 8.70. The van der Waals surface area contributed by atoms with Crippen LogP contribution in [-0.2, 0) is 10.4 Å². The van der Waals surface area contributed by atoms with Crippen molar-refractivity contribution in [1.82, 2.24) is 10.2 Å². The van der Waals surface area contributed by atoms with Gasteiger partial charge >= 0.3 is 0 Å². The van der Waals surface area contributed by atoms with Crippen molar-refractivity contribution in [2.45, 2.75) is 45.8 Å². The Bertz CT molecular complexity index is 566. The number of hydrogen-bond donors (Lipinski definition) is 2. The van der Waals surface area contributed by atoms with E-state index < -0.39 is 17.3 Å². The van der Waals surface area contributed by atoms with E-state index in [1.165, 1.54) is 31.5 Å². The van der Waals surface area contributed by atoms with E-state index in [1.807, 2.05) is 6.92 Å². The van der Waals surface area contributed by atoms with E-state index in [0.29, 0.717) is 11.8 Å². The summed E-state index contributed by atoms with van der Waals surface area (Å²) in [6.45, 7) is 10.6. The summed E-state index contributed by atoms with van der Waals surface area (Å²) < 4.78 is 13.4. The monoisotopic (exact) mass is 336 g/mol. The van der Waals surface area contributed by atoms with Gasteiger partial charge in [-0.25, -0.2) is 4.39 Å². The van der Waals surface area contributed by atoms with Crippen molar-refractivity contribution >= 4 is 5.91 Å². The standard InChI is InChI=1S/C19H29FN2O2/c1-13-8-14(2)11-22(10-13)12-15(3)21-18(23)19(4,24)16-6-5-7-17(20)9-16/h5-7,9,13-15,24H,8,10-12H2,1-4H3,(H,21,23)/t13-,14+,15-,19-/m1/s1. The molecule has 4 nitrogen and oxygen atoms in total. The fraction of sp³-hybridized carbons (Fsp3) is 0.632. The molecule has 1 heterocycles. The van der Waals surface area contributed by atoms with Gasteiger partial charge in [0.25, 0.3) is 5.91 Å². The minimum Gasteiger partial charge on any atom is -0.376 e. The molecule has 2 rings (SSSR count). The van der Waals surface area contributed by atoms with Crippen LogP contribution < -0.4 is 5.32 Å². The van der Waals surface area contributed by atoms with E-state index in [2.05, 4.69) is 24.1 Å². The molecule has 0 unspecified atom stereocenters. The highest BCUT2D eigenvalue weighted by Crippen LogP contribution is 2.23. The maximum atomic E-state index is 13.4. The highest BCUT2D eigenvalue weighted by molar-refractivity contribution is 5.86. The zero-order chi connectivity index (χ0) is 17.9. The molecule has 1 aliphatic rings. The number of benzene rings is 1. The largest absolute Gasteiger partial charge is 0.376 e. The van der Waals surface area contributed by atoms with Crippen molar-refractivity contribution in [3.63, 3.8) is 0 Å². The lowest BCUT2D eigenvalue weighted by molar-refractivity contribution is -0.139. The fourth-order valence-electron chi connectivity index (χ4n) is 3.66. The van der Waals surface area contributed by atoms with E-state index in [4.69, 9.17) is 0 Å². The topological polar surface area (TPSA) is 52.6 Å². The third-order valence-electron chi connectivity index (χ3n) is 4.68. The van der Waals surface area contributed by atoms with Crippen molar-refractivity contribution < 1.29 is 14.3 Å². The number of amides is 1. The molecule has 0 saturated carbocycles. The van der Waals surface area contributed by atoms with Gasteiger partial charge in [0, 0.05) is 25.7 Å². The number of hydrogen-bond acceptors (Lipinski definition) is 3. The Morgan fingerprint density at radius 3 is 2.62 bits per heavy atom. The smallest absolute Gasteiger partial charge is 0.256 e. The van der Waals surface area contributed by atoms with Crippen LogP contribution >= 0.6 is 0 Å². The van der Waals surface area contributed by atoms with Crippen LogP contribution in [0.4, 0.5) is 4.39 Å². The summed E-state index contributed by atoms with van der Waals surface area (Å²) in [6.07, 6.45) is 1.24. The van der Waals surface area contributed by atoms with Gasteiger partial charge in [0.1, 0.15) is 5.82 Å². The molecule has 1 amide bonds. The molecule has 1 aliphatic heterocycles. The summed E-state index contributed by atoms with van der Waals surface area (Å²) in [5, 5.41) is 13.4. The zero-order valence-corrected chi connectivity index (χ0v) is 15.1. The highest BCUT2D eigenvalue weighted by Gasteiger charge is 2.34. The minimum atomic E-state index is -1.75. The molecule has 0 spiro atoms. The van der Waals surface area contributed by atoms with Crippen LogP contribution in [0.3, 0.4) is 0 Å². The second-order valence-corrected chi connectivity index (χ2v) is 7.62. The second-order valence-electron chi connectivity index (χ2n) is 7.62. The van der Waals surface area contributed by atoms with Crippen molar-refractivity contribution in [3.8, 4) is 0 Å². The average Bonchev–Trinajstić information content (AvgIpc) is 2.45. The number of nitrogens with one attached hydrogen (secondary N) is 1. The van der Waals surface area contributed by atoms with E-state index in [-0.39, 0.29) is 11.6 Å². The summed E-state index contributed by atoms with van der Waals surface area (Å²) >= 11 is 0. The molecule has 1 aromatic carbocycles. The number of aliphatic hydroxyl groups is 1. The second kappa shape index (κ2) is 7.62. The Hall–Kier alpha value is -1.46. The van der Waals surface area contributed by atoms with Crippen LogP contribution in [0.25, 0.3) is 0 Å². The molecule has 1 fully saturated rings. The Morgan fingerprint density at radius 1 is 1.42 bits per heavy atom. The first-order chi connectivity index (χ1) is 11.2. The predicted molar refractivity (Wildman–Crippen MR) is 93.0 cm³/mol. The number of rotatable bonds is 5. The van der Waals surface area contributed by atoms with Gasteiger partial charge in [-0.3, -0.25) is 4.79 Å². The Labute approximate surface area is 144 Å². The molecule has 0 bridgehead atoms. The number of halogens is 1. The van der Waals surface area contributed by atoms with Crippen molar-refractivity contribution in [1.29, 1.82) is 0 Å². The molecule has 134 valence electrons. The number of likely N-dealkylation sites (tertiary alicyclic amines) is 1. The molecule has 5 heteroatoms. The van der Waals surface area contributed by atoms with Gasteiger partial charge in [-0.05, 0) is 49.8 Å². The van der Waals surface area contributed by atoms with Gasteiger partial charge in [-0.1, -0.05) is 26.0 Å². The third-order valence-corrected chi connectivity index (χ3v) is 4.68. The first-order valence-corrected chi connectivity index (χ1v) is 8.70. The lowest BCUT2D eigenvalue weighted by Gasteiger charge is -2.37. The van der Waals surface area contributed by atoms with Crippen LogP contribution in [0, 0.1) is 17.7 Å². The third kappa shape index (κ3) is 4.77. The van der Waals surface area contributed by atoms with Gasteiger partial charge in [0.05, 0.1) is 0 Å².